The van der Waals surface area contributed by atoms with Crippen LogP contribution in [0.1, 0.15) is 32.6 Å². The Labute approximate surface area is 111 Å². The summed E-state index contributed by atoms with van der Waals surface area (Å²) >= 11 is 0. The normalized spacial score (nSPS) is 19.4. The molecular formula is C12H18N4O3. The smallest absolute Gasteiger partial charge is 0.358 e. The van der Waals surface area contributed by atoms with Crippen molar-refractivity contribution in [2.45, 2.75) is 45.2 Å². The summed E-state index contributed by atoms with van der Waals surface area (Å²) in [5.74, 6) is -0.211. The molecule has 1 aromatic rings. The predicted molar refractivity (Wildman–Crippen MR) is 68.5 cm³/mol. The molecule has 0 aromatic carbocycles. The maximum Gasteiger partial charge on any atom is 0.381 e. The van der Waals surface area contributed by atoms with Crippen LogP contribution in [-0.4, -0.2) is 37.9 Å². The fourth-order valence-electron chi connectivity index (χ4n) is 2.53. The van der Waals surface area contributed by atoms with Gasteiger partial charge in [-0.1, -0.05) is 6.92 Å². The highest BCUT2D eigenvalue weighted by atomic mass is 16.6. The van der Waals surface area contributed by atoms with Gasteiger partial charge < -0.3 is 19.6 Å². The fourth-order valence-corrected chi connectivity index (χ4v) is 2.53. The first-order chi connectivity index (χ1) is 9.11. The van der Waals surface area contributed by atoms with Gasteiger partial charge in [0, 0.05) is 12.6 Å². The minimum absolute atomic E-state index is 0.0128. The van der Waals surface area contributed by atoms with Crippen molar-refractivity contribution in [3.8, 4) is 0 Å². The Kier molecular flexibility index (Phi) is 4.13. The molecule has 1 unspecified atom stereocenters. The minimum Gasteiger partial charge on any atom is -0.358 e. The third-order valence-corrected chi connectivity index (χ3v) is 3.54. The van der Waals surface area contributed by atoms with Crippen LogP contribution in [0.2, 0.25) is 0 Å². The molecule has 1 aliphatic rings. The van der Waals surface area contributed by atoms with Crippen LogP contribution in [0.4, 0.5) is 5.82 Å². The summed E-state index contributed by atoms with van der Waals surface area (Å²) in [4.78, 5) is 27.7. The van der Waals surface area contributed by atoms with Crippen molar-refractivity contribution in [2.75, 3.05) is 6.54 Å². The van der Waals surface area contributed by atoms with Crippen molar-refractivity contribution in [1.29, 1.82) is 0 Å². The first kappa shape index (κ1) is 13.5. The van der Waals surface area contributed by atoms with Gasteiger partial charge in [-0.25, -0.2) is 0 Å². The second kappa shape index (κ2) is 5.81. The predicted octanol–water partition coefficient (Wildman–Crippen LogP) is 1.58. The first-order valence-electron chi connectivity index (χ1n) is 6.57. The summed E-state index contributed by atoms with van der Waals surface area (Å²) in [6.07, 6.45) is 6.83. The van der Waals surface area contributed by atoms with E-state index in [0.29, 0.717) is 6.04 Å². The van der Waals surface area contributed by atoms with Crippen LogP contribution < -0.4 is 0 Å². The van der Waals surface area contributed by atoms with Crippen LogP contribution in [0.15, 0.2) is 12.5 Å². The van der Waals surface area contributed by atoms with Gasteiger partial charge in [-0.05, 0) is 35.6 Å². The second-order valence-corrected chi connectivity index (χ2v) is 4.81. The molecule has 1 amide bonds. The van der Waals surface area contributed by atoms with Gasteiger partial charge in [-0.15, -0.1) is 0 Å². The van der Waals surface area contributed by atoms with Gasteiger partial charge in [0.05, 0.1) is 0 Å². The van der Waals surface area contributed by atoms with E-state index < -0.39 is 4.92 Å². The Morgan fingerprint density at radius 2 is 2.37 bits per heavy atom. The average molecular weight is 266 g/mol. The van der Waals surface area contributed by atoms with E-state index in [0.717, 1.165) is 25.8 Å². The standard InChI is InChI=1S/C12H18N4O3/c1-2-10-5-3-4-6-15(10)12(17)8-14-7-11(13-9-14)16(18)19/h7,9-10H,2-6,8H2,1H3. The molecular weight excluding hydrogens is 248 g/mol. The van der Waals surface area contributed by atoms with Crippen molar-refractivity contribution >= 4 is 11.7 Å². The highest BCUT2D eigenvalue weighted by molar-refractivity contribution is 5.76. The lowest BCUT2D eigenvalue weighted by Crippen LogP contribution is -2.44. The lowest BCUT2D eigenvalue weighted by atomic mass is 10.00. The molecule has 104 valence electrons. The van der Waals surface area contributed by atoms with E-state index in [1.54, 1.807) is 0 Å². The molecule has 2 heterocycles. The van der Waals surface area contributed by atoms with E-state index in [1.165, 1.54) is 23.5 Å². The lowest BCUT2D eigenvalue weighted by Gasteiger charge is -2.35. The van der Waals surface area contributed by atoms with Gasteiger partial charge in [0.25, 0.3) is 0 Å². The topological polar surface area (TPSA) is 81.3 Å². The molecule has 1 saturated heterocycles. The van der Waals surface area contributed by atoms with E-state index in [9.17, 15) is 14.9 Å². The van der Waals surface area contributed by atoms with E-state index in [1.807, 2.05) is 4.90 Å². The number of hydrogen-bond donors (Lipinski definition) is 0. The van der Waals surface area contributed by atoms with Crippen LogP contribution in [0.25, 0.3) is 0 Å². The van der Waals surface area contributed by atoms with Crippen molar-refractivity contribution in [2.24, 2.45) is 0 Å². The fraction of sp³-hybridized carbons (Fsp3) is 0.667. The molecule has 1 atom stereocenters. The van der Waals surface area contributed by atoms with Crippen molar-refractivity contribution in [1.82, 2.24) is 14.5 Å². The van der Waals surface area contributed by atoms with Crippen molar-refractivity contribution in [3.05, 3.63) is 22.6 Å². The number of likely N-dealkylation sites (tertiary alicyclic amines) is 1. The third-order valence-electron chi connectivity index (χ3n) is 3.54. The Bertz CT molecular complexity index is 471. The van der Waals surface area contributed by atoms with E-state index in [4.69, 9.17) is 0 Å². The molecule has 1 aromatic heterocycles. The zero-order valence-electron chi connectivity index (χ0n) is 11.0. The molecule has 0 aliphatic carbocycles. The maximum atomic E-state index is 12.2. The van der Waals surface area contributed by atoms with Crippen LogP contribution in [0.3, 0.4) is 0 Å². The molecule has 0 bridgehead atoms. The highest BCUT2D eigenvalue weighted by Gasteiger charge is 2.25. The molecule has 0 saturated carbocycles. The van der Waals surface area contributed by atoms with Gasteiger partial charge in [0.2, 0.25) is 12.2 Å². The third kappa shape index (κ3) is 3.10. The maximum absolute atomic E-state index is 12.2. The van der Waals surface area contributed by atoms with Gasteiger partial charge in [0.1, 0.15) is 12.7 Å². The van der Waals surface area contributed by atoms with Crippen LogP contribution in [0, 0.1) is 10.1 Å². The zero-order chi connectivity index (χ0) is 13.8. The molecule has 0 radical (unpaired) electrons. The number of aromatic nitrogens is 2. The van der Waals surface area contributed by atoms with Gasteiger partial charge in [-0.3, -0.25) is 4.79 Å². The summed E-state index contributed by atoms with van der Waals surface area (Å²) in [6.45, 7) is 2.99. The summed E-state index contributed by atoms with van der Waals surface area (Å²) in [5.41, 5.74) is 0. The number of piperidine rings is 1. The molecule has 0 spiro atoms. The number of nitrogens with zero attached hydrogens (tertiary/aromatic N) is 4. The number of imidazole rings is 1. The van der Waals surface area contributed by atoms with Gasteiger partial charge in [0.15, 0.2) is 0 Å². The van der Waals surface area contributed by atoms with Gasteiger partial charge >= 0.3 is 5.82 Å². The quantitative estimate of drug-likeness (QED) is 0.612. The number of carbonyl (C=O) groups is 1. The molecule has 19 heavy (non-hydrogen) atoms. The van der Waals surface area contributed by atoms with Crippen molar-refractivity contribution in [3.63, 3.8) is 0 Å². The Morgan fingerprint density at radius 1 is 1.58 bits per heavy atom. The summed E-state index contributed by atoms with van der Waals surface area (Å²) < 4.78 is 1.47. The Balaban J connectivity index is 2.00. The summed E-state index contributed by atoms with van der Waals surface area (Å²) in [6, 6.07) is 0.305. The SMILES string of the molecule is CCC1CCCCN1C(=O)Cn1cnc([N+](=O)[O-])c1. The minimum atomic E-state index is -0.559. The number of rotatable bonds is 4. The van der Waals surface area contributed by atoms with E-state index >= 15 is 0 Å². The molecule has 7 heteroatoms. The van der Waals surface area contributed by atoms with E-state index in [2.05, 4.69) is 11.9 Å². The summed E-state index contributed by atoms with van der Waals surface area (Å²) in [7, 11) is 0. The largest absolute Gasteiger partial charge is 0.381 e. The first-order valence-corrected chi connectivity index (χ1v) is 6.57. The average Bonchev–Trinajstić information content (AvgIpc) is 2.87. The second-order valence-electron chi connectivity index (χ2n) is 4.81. The lowest BCUT2D eigenvalue weighted by molar-refractivity contribution is -0.389. The van der Waals surface area contributed by atoms with Crippen molar-refractivity contribution < 1.29 is 9.72 Å². The van der Waals surface area contributed by atoms with Gasteiger partial charge in [-0.2, -0.15) is 0 Å². The van der Waals surface area contributed by atoms with Crippen LogP contribution in [0.5, 0.6) is 0 Å². The Morgan fingerprint density at radius 3 is 3.00 bits per heavy atom. The number of nitro groups is 1. The number of amides is 1. The molecule has 1 aliphatic heterocycles. The Hall–Kier alpha value is -1.92. The monoisotopic (exact) mass is 266 g/mol. The van der Waals surface area contributed by atoms with Crippen LogP contribution >= 0.6 is 0 Å². The number of carbonyl (C=O) groups excluding carboxylic acids is 1. The highest BCUT2D eigenvalue weighted by Crippen LogP contribution is 2.20. The molecule has 1 fully saturated rings. The summed E-state index contributed by atoms with van der Waals surface area (Å²) in [5, 5.41) is 10.5. The van der Waals surface area contributed by atoms with E-state index in [-0.39, 0.29) is 18.3 Å². The molecule has 0 N–H and O–H groups in total. The van der Waals surface area contributed by atoms with Crippen LogP contribution in [-0.2, 0) is 11.3 Å². The molecule has 2 rings (SSSR count). The molecule has 7 nitrogen and oxygen atoms in total. The zero-order valence-corrected chi connectivity index (χ0v) is 11.0. The number of hydrogen-bond acceptors (Lipinski definition) is 4.